The van der Waals surface area contributed by atoms with Crippen LogP contribution in [0.4, 0.5) is 0 Å². The van der Waals surface area contributed by atoms with Gasteiger partial charge < -0.3 is 10.6 Å². The minimum atomic E-state index is -0.0201. The van der Waals surface area contributed by atoms with Crippen molar-refractivity contribution in [1.82, 2.24) is 25.6 Å². The predicted molar refractivity (Wildman–Crippen MR) is 63.3 cm³/mol. The number of carbonyl (C=O) groups is 1. The second kappa shape index (κ2) is 6.34. The van der Waals surface area contributed by atoms with Crippen LogP contribution in [0.15, 0.2) is 12.4 Å². The Labute approximate surface area is 101 Å². The fourth-order valence-electron chi connectivity index (χ4n) is 2.00. The zero-order valence-electron chi connectivity index (χ0n) is 9.93. The van der Waals surface area contributed by atoms with Crippen molar-refractivity contribution >= 4 is 5.91 Å². The third-order valence-electron chi connectivity index (χ3n) is 2.96. The SMILES string of the molecule is O=C1NCCCCC1NCCCn1ccnn1. The first-order chi connectivity index (χ1) is 8.36. The summed E-state index contributed by atoms with van der Waals surface area (Å²) in [5.74, 6) is 0.142. The highest BCUT2D eigenvalue weighted by atomic mass is 16.2. The lowest BCUT2D eigenvalue weighted by atomic mass is 10.1. The molecule has 0 bridgehead atoms. The Bertz CT molecular complexity index is 338. The number of rotatable bonds is 5. The van der Waals surface area contributed by atoms with Crippen LogP contribution in [0, 0.1) is 0 Å². The number of aryl methyl sites for hydroxylation is 1. The summed E-state index contributed by atoms with van der Waals surface area (Å²) in [6.45, 7) is 2.48. The van der Waals surface area contributed by atoms with E-state index in [1.807, 2.05) is 6.20 Å². The summed E-state index contributed by atoms with van der Waals surface area (Å²) in [5.41, 5.74) is 0. The average molecular weight is 237 g/mol. The molecule has 1 amide bonds. The molecule has 17 heavy (non-hydrogen) atoms. The highest BCUT2D eigenvalue weighted by Gasteiger charge is 2.19. The van der Waals surface area contributed by atoms with Gasteiger partial charge in [-0.2, -0.15) is 0 Å². The minimum absolute atomic E-state index is 0.0201. The van der Waals surface area contributed by atoms with Crippen molar-refractivity contribution in [2.75, 3.05) is 13.1 Å². The lowest BCUT2D eigenvalue weighted by Crippen LogP contribution is -2.43. The van der Waals surface area contributed by atoms with Crippen LogP contribution in [0.5, 0.6) is 0 Å². The second-order valence-corrected chi connectivity index (χ2v) is 4.31. The first kappa shape index (κ1) is 12.0. The van der Waals surface area contributed by atoms with Crippen LogP contribution in [0.1, 0.15) is 25.7 Å². The molecular weight excluding hydrogens is 218 g/mol. The fourth-order valence-corrected chi connectivity index (χ4v) is 2.00. The minimum Gasteiger partial charge on any atom is -0.355 e. The normalized spacial score (nSPS) is 20.9. The number of amides is 1. The molecule has 0 aliphatic carbocycles. The Morgan fingerprint density at radius 1 is 1.53 bits per heavy atom. The van der Waals surface area contributed by atoms with E-state index in [4.69, 9.17) is 0 Å². The molecule has 1 aliphatic rings. The number of aromatic nitrogens is 3. The van der Waals surface area contributed by atoms with Gasteiger partial charge in [-0.15, -0.1) is 5.10 Å². The van der Waals surface area contributed by atoms with Crippen molar-refractivity contribution in [3.8, 4) is 0 Å². The van der Waals surface area contributed by atoms with E-state index < -0.39 is 0 Å². The molecule has 2 rings (SSSR count). The molecule has 2 N–H and O–H groups in total. The molecule has 1 atom stereocenters. The van der Waals surface area contributed by atoms with Gasteiger partial charge in [0.25, 0.3) is 0 Å². The van der Waals surface area contributed by atoms with Crippen molar-refractivity contribution in [1.29, 1.82) is 0 Å². The van der Waals surface area contributed by atoms with Gasteiger partial charge in [0, 0.05) is 19.3 Å². The smallest absolute Gasteiger partial charge is 0.237 e. The zero-order valence-corrected chi connectivity index (χ0v) is 9.93. The van der Waals surface area contributed by atoms with Crippen molar-refractivity contribution in [3.05, 3.63) is 12.4 Å². The summed E-state index contributed by atoms with van der Waals surface area (Å²) in [4.78, 5) is 11.6. The van der Waals surface area contributed by atoms with E-state index in [0.717, 1.165) is 45.3 Å². The molecule has 0 spiro atoms. The number of nitrogens with one attached hydrogen (secondary N) is 2. The molecule has 1 aromatic rings. The van der Waals surface area contributed by atoms with E-state index in [1.54, 1.807) is 10.9 Å². The maximum atomic E-state index is 11.6. The maximum Gasteiger partial charge on any atom is 0.237 e. The molecule has 6 nitrogen and oxygen atoms in total. The zero-order chi connectivity index (χ0) is 11.9. The third kappa shape index (κ3) is 3.81. The monoisotopic (exact) mass is 237 g/mol. The van der Waals surface area contributed by atoms with Crippen molar-refractivity contribution in [2.45, 2.75) is 38.3 Å². The Balaban J connectivity index is 1.65. The topological polar surface area (TPSA) is 71.8 Å². The summed E-state index contributed by atoms with van der Waals surface area (Å²) in [6.07, 6.45) is 7.61. The molecule has 2 heterocycles. The molecule has 6 heteroatoms. The molecule has 1 unspecified atom stereocenters. The second-order valence-electron chi connectivity index (χ2n) is 4.31. The molecule has 0 radical (unpaired) electrons. The lowest BCUT2D eigenvalue weighted by Gasteiger charge is -2.14. The predicted octanol–water partition coefficient (Wildman–Crippen LogP) is -0.0735. The van der Waals surface area contributed by atoms with Crippen LogP contribution in [-0.4, -0.2) is 40.0 Å². The van der Waals surface area contributed by atoms with Gasteiger partial charge in [0.05, 0.1) is 12.2 Å². The maximum absolute atomic E-state index is 11.6. The summed E-state index contributed by atoms with van der Waals surface area (Å²) in [5, 5.41) is 13.9. The number of carbonyl (C=O) groups excluding carboxylic acids is 1. The Morgan fingerprint density at radius 3 is 3.29 bits per heavy atom. The quantitative estimate of drug-likeness (QED) is 0.703. The van der Waals surface area contributed by atoms with Gasteiger partial charge in [-0.05, 0) is 32.2 Å². The summed E-state index contributed by atoms with van der Waals surface area (Å²) < 4.78 is 1.80. The van der Waals surface area contributed by atoms with Crippen LogP contribution in [0.3, 0.4) is 0 Å². The van der Waals surface area contributed by atoms with Gasteiger partial charge in [-0.3, -0.25) is 9.48 Å². The van der Waals surface area contributed by atoms with E-state index in [9.17, 15) is 4.79 Å². The van der Waals surface area contributed by atoms with Gasteiger partial charge in [0.2, 0.25) is 5.91 Å². The van der Waals surface area contributed by atoms with Gasteiger partial charge in [0.15, 0.2) is 0 Å². The summed E-state index contributed by atoms with van der Waals surface area (Å²) >= 11 is 0. The molecule has 1 aromatic heterocycles. The van der Waals surface area contributed by atoms with E-state index >= 15 is 0 Å². The lowest BCUT2D eigenvalue weighted by molar-refractivity contribution is -0.122. The molecular formula is C11H19N5O. The van der Waals surface area contributed by atoms with Gasteiger partial charge in [-0.1, -0.05) is 5.21 Å². The van der Waals surface area contributed by atoms with Crippen molar-refractivity contribution < 1.29 is 4.79 Å². The highest BCUT2D eigenvalue weighted by Crippen LogP contribution is 2.05. The number of hydrogen-bond donors (Lipinski definition) is 2. The Kier molecular flexibility index (Phi) is 4.49. The largest absolute Gasteiger partial charge is 0.355 e. The third-order valence-corrected chi connectivity index (χ3v) is 2.96. The van der Waals surface area contributed by atoms with E-state index in [-0.39, 0.29) is 11.9 Å². The van der Waals surface area contributed by atoms with E-state index in [2.05, 4.69) is 20.9 Å². The van der Waals surface area contributed by atoms with Crippen molar-refractivity contribution in [3.63, 3.8) is 0 Å². The Hall–Kier alpha value is -1.43. The van der Waals surface area contributed by atoms with Crippen molar-refractivity contribution in [2.24, 2.45) is 0 Å². The van der Waals surface area contributed by atoms with Crippen LogP contribution < -0.4 is 10.6 Å². The fraction of sp³-hybridized carbons (Fsp3) is 0.727. The molecule has 0 saturated carbocycles. The van der Waals surface area contributed by atoms with E-state index in [1.165, 1.54) is 0 Å². The van der Waals surface area contributed by atoms with Crippen LogP contribution in [-0.2, 0) is 11.3 Å². The van der Waals surface area contributed by atoms with Gasteiger partial charge in [0.1, 0.15) is 0 Å². The molecule has 1 saturated heterocycles. The van der Waals surface area contributed by atoms with Gasteiger partial charge >= 0.3 is 0 Å². The highest BCUT2D eigenvalue weighted by molar-refractivity contribution is 5.81. The van der Waals surface area contributed by atoms with Gasteiger partial charge in [-0.25, -0.2) is 0 Å². The Morgan fingerprint density at radius 2 is 2.47 bits per heavy atom. The first-order valence-electron chi connectivity index (χ1n) is 6.21. The standard InChI is InChI=1S/C11H19N5O/c17-11-10(4-1-2-5-13-11)12-6-3-8-16-9-7-14-15-16/h7,9-10,12H,1-6,8H2,(H,13,17). The summed E-state index contributed by atoms with van der Waals surface area (Å²) in [7, 11) is 0. The molecule has 94 valence electrons. The average Bonchev–Trinajstić information content (AvgIpc) is 2.76. The number of nitrogens with zero attached hydrogens (tertiary/aromatic N) is 3. The molecule has 1 aliphatic heterocycles. The van der Waals surface area contributed by atoms with Crippen LogP contribution >= 0.6 is 0 Å². The summed E-state index contributed by atoms with van der Waals surface area (Å²) in [6, 6.07) is -0.0201. The van der Waals surface area contributed by atoms with E-state index in [0.29, 0.717) is 0 Å². The first-order valence-corrected chi connectivity index (χ1v) is 6.21. The number of hydrogen-bond acceptors (Lipinski definition) is 4. The van der Waals surface area contributed by atoms with Crippen LogP contribution in [0.25, 0.3) is 0 Å². The molecule has 0 aromatic carbocycles. The molecule has 1 fully saturated rings. The van der Waals surface area contributed by atoms with Crippen LogP contribution in [0.2, 0.25) is 0 Å².